The average molecular weight is 184 g/mol. The summed E-state index contributed by atoms with van der Waals surface area (Å²) >= 11 is 0. The van der Waals surface area contributed by atoms with Gasteiger partial charge in [0.1, 0.15) is 5.78 Å². The molecule has 1 unspecified atom stereocenters. The van der Waals surface area contributed by atoms with Crippen molar-refractivity contribution in [2.75, 3.05) is 26.4 Å². The molecule has 3 nitrogen and oxygen atoms in total. The van der Waals surface area contributed by atoms with Gasteiger partial charge in [-0.3, -0.25) is 4.79 Å². The zero-order valence-electron chi connectivity index (χ0n) is 7.83. The summed E-state index contributed by atoms with van der Waals surface area (Å²) in [7, 11) is 0. The highest BCUT2D eigenvalue weighted by molar-refractivity contribution is 5.83. The number of hydrogen-bond acceptors (Lipinski definition) is 3. The van der Waals surface area contributed by atoms with Gasteiger partial charge < -0.3 is 9.47 Å². The molecule has 0 aliphatic carbocycles. The first-order chi connectivity index (χ1) is 6.38. The van der Waals surface area contributed by atoms with Gasteiger partial charge in [-0.15, -0.1) is 0 Å². The van der Waals surface area contributed by atoms with Crippen LogP contribution in [0.1, 0.15) is 19.3 Å². The van der Waals surface area contributed by atoms with E-state index in [-0.39, 0.29) is 11.8 Å². The summed E-state index contributed by atoms with van der Waals surface area (Å²) < 4.78 is 10.4. The first-order valence-corrected chi connectivity index (χ1v) is 5.07. The normalized spacial score (nSPS) is 30.6. The Morgan fingerprint density at radius 2 is 1.54 bits per heavy atom. The van der Waals surface area contributed by atoms with Gasteiger partial charge >= 0.3 is 0 Å². The molecule has 0 aromatic heterocycles. The topological polar surface area (TPSA) is 35.5 Å². The maximum Gasteiger partial charge on any atom is 0.141 e. The Morgan fingerprint density at radius 1 is 0.923 bits per heavy atom. The largest absolute Gasteiger partial charge is 0.381 e. The summed E-state index contributed by atoms with van der Waals surface area (Å²) in [6.07, 6.45) is 2.75. The molecule has 0 spiro atoms. The van der Waals surface area contributed by atoms with Crippen LogP contribution in [-0.4, -0.2) is 32.2 Å². The van der Waals surface area contributed by atoms with E-state index in [0.717, 1.165) is 39.1 Å². The Kier molecular flexibility index (Phi) is 2.96. The molecule has 0 N–H and O–H groups in total. The predicted molar refractivity (Wildman–Crippen MR) is 47.5 cm³/mol. The van der Waals surface area contributed by atoms with Gasteiger partial charge in [-0.1, -0.05) is 0 Å². The van der Waals surface area contributed by atoms with Crippen LogP contribution in [0.4, 0.5) is 0 Å². The monoisotopic (exact) mass is 184 g/mol. The van der Waals surface area contributed by atoms with Crippen molar-refractivity contribution >= 4 is 5.78 Å². The van der Waals surface area contributed by atoms with Gasteiger partial charge in [0.05, 0.1) is 6.61 Å². The minimum Gasteiger partial charge on any atom is -0.381 e. The second-order valence-corrected chi connectivity index (χ2v) is 3.85. The van der Waals surface area contributed by atoms with E-state index in [1.807, 2.05) is 0 Å². The minimum atomic E-state index is 0.183. The van der Waals surface area contributed by atoms with E-state index < -0.39 is 0 Å². The Morgan fingerprint density at radius 3 is 2.15 bits per heavy atom. The number of carbonyl (C=O) groups is 1. The molecule has 2 fully saturated rings. The highest BCUT2D eigenvalue weighted by atomic mass is 16.5. The van der Waals surface area contributed by atoms with Crippen LogP contribution in [0.25, 0.3) is 0 Å². The Bertz CT molecular complexity index is 179. The lowest BCUT2D eigenvalue weighted by Crippen LogP contribution is -2.29. The van der Waals surface area contributed by atoms with Gasteiger partial charge in [0, 0.05) is 31.7 Å². The number of ether oxygens (including phenoxy) is 2. The average Bonchev–Trinajstić information content (AvgIpc) is 2.71. The van der Waals surface area contributed by atoms with Gasteiger partial charge in [-0.2, -0.15) is 0 Å². The summed E-state index contributed by atoms with van der Waals surface area (Å²) in [4.78, 5) is 11.9. The van der Waals surface area contributed by atoms with Crippen molar-refractivity contribution < 1.29 is 14.3 Å². The Labute approximate surface area is 78.4 Å². The number of rotatable bonds is 2. The molecule has 2 heterocycles. The van der Waals surface area contributed by atoms with Crippen LogP contribution in [-0.2, 0) is 14.3 Å². The van der Waals surface area contributed by atoms with E-state index >= 15 is 0 Å². The molecule has 2 saturated heterocycles. The maximum absolute atomic E-state index is 11.9. The fourth-order valence-electron chi connectivity index (χ4n) is 2.07. The molecule has 1 atom stereocenters. The molecule has 0 saturated carbocycles. The third-order valence-corrected chi connectivity index (χ3v) is 2.96. The number of carbonyl (C=O) groups excluding carboxylic acids is 1. The minimum absolute atomic E-state index is 0.183. The van der Waals surface area contributed by atoms with E-state index in [2.05, 4.69) is 0 Å². The summed E-state index contributed by atoms with van der Waals surface area (Å²) in [5.41, 5.74) is 0. The zero-order valence-corrected chi connectivity index (χ0v) is 7.83. The van der Waals surface area contributed by atoms with Crippen LogP contribution in [0.2, 0.25) is 0 Å². The van der Waals surface area contributed by atoms with Crippen molar-refractivity contribution in [1.82, 2.24) is 0 Å². The van der Waals surface area contributed by atoms with Crippen LogP contribution < -0.4 is 0 Å². The molecule has 2 rings (SSSR count). The fraction of sp³-hybridized carbons (Fsp3) is 0.900. The van der Waals surface area contributed by atoms with E-state index in [0.29, 0.717) is 12.4 Å². The van der Waals surface area contributed by atoms with Crippen LogP contribution in [0.5, 0.6) is 0 Å². The van der Waals surface area contributed by atoms with Crippen molar-refractivity contribution in [3.8, 4) is 0 Å². The number of hydrogen-bond donors (Lipinski definition) is 0. The van der Waals surface area contributed by atoms with Crippen LogP contribution in [0, 0.1) is 11.8 Å². The summed E-state index contributed by atoms with van der Waals surface area (Å²) in [6, 6.07) is 0. The first-order valence-electron chi connectivity index (χ1n) is 5.07. The van der Waals surface area contributed by atoms with Crippen molar-refractivity contribution in [2.24, 2.45) is 11.8 Å². The van der Waals surface area contributed by atoms with E-state index in [4.69, 9.17) is 9.47 Å². The van der Waals surface area contributed by atoms with Crippen LogP contribution in [0.3, 0.4) is 0 Å². The third-order valence-electron chi connectivity index (χ3n) is 2.96. The fourth-order valence-corrected chi connectivity index (χ4v) is 2.07. The Balaban J connectivity index is 1.87. The second-order valence-electron chi connectivity index (χ2n) is 3.85. The predicted octanol–water partition coefficient (Wildman–Crippen LogP) is 1.02. The van der Waals surface area contributed by atoms with Crippen LogP contribution >= 0.6 is 0 Å². The molecular formula is C10H16O3. The standard InChI is InChI=1S/C10H16O3/c11-10(9-3-6-13-7-9)8-1-4-12-5-2-8/h8-9H,1-7H2. The van der Waals surface area contributed by atoms with Gasteiger partial charge in [-0.25, -0.2) is 0 Å². The lowest BCUT2D eigenvalue weighted by atomic mass is 9.87. The second kappa shape index (κ2) is 4.20. The molecule has 3 heteroatoms. The molecule has 0 radical (unpaired) electrons. The van der Waals surface area contributed by atoms with Crippen molar-refractivity contribution in [3.05, 3.63) is 0 Å². The number of ketones is 1. The highest BCUT2D eigenvalue weighted by Crippen LogP contribution is 2.24. The molecule has 2 aliphatic heterocycles. The smallest absolute Gasteiger partial charge is 0.141 e. The van der Waals surface area contributed by atoms with Crippen molar-refractivity contribution in [3.63, 3.8) is 0 Å². The van der Waals surface area contributed by atoms with Crippen molar-refractivity contribution in [1.29, 1.82) is 0 Å². The number of Topliss-reactive ketones (excluding diaryl/α,β-unsaturated/α-hetero) is 1. The van der Waals surface area contributed by atoms with E-state index in [1.54, 1.807) is 0 Å². The lowest BCUT2D eigenvalue weighted by molar-refractivity contribution is -0.129. The van der Waals surface area contributed by atoms with Gasteiger partial charge in [0.15, 0.2) is 0 Å². The van der Waals surface area contributed by atoms with E-state index in [1.165, 1.54) is 0 Å². The summed E-state index contributed by atoms with van der Waals surface area (Å²) in [6.45, 7) is 2.92. The quantitative estimate of drug-likeness (QED) is 0.642. The molecule has 74 valence electrons. The molecular weight excluding hydrogens is 168 g/mol. The Hall–Kier alpha value is -0.410. The molecule has 0 aromatic rings. The van der Waals surface area contributed by atoms with Gasteiger partial charge in [0.2, 0.25) is 0 Å². The summed E-state index contributed by atoms with van der Waals surface area (Å²) in [5, 5.41) is 0. The first kappa shape index (κ1) is 9.16. The van der Waals surface area contributed by atoms with Gasteiger partial charge in [-0.05, 0) is 19.3 Å². The SMILES string of the molecule is O=C(C1CCOCC1)C1CCOC1. The summed E-state index contributed by atoms with van der Waals surface area (Å²) in [5.74, 6) is 0.851. The van der Waals surface area contributed by atoms with Crippen LogP contribution in [0.15, 0.2) is 0 Å². The molecule has 2 aliphatic rings. The van der Waals surface area contributed by atoms with Gasteiger partial charge in [0.25, 0.3) is 0 Å². The molecule has 0 amide bonds. The molecule has 13 heavy (non-hydrogen) atoms. The highest BCUT2D eigenvalue weighted by Gasteiger charge is 2.30. The molecule has 0 aromatic carbocycles. The lowest BCUT2D eigenvalue weighted by Gasteiger charge is -2.22. The van der Waals surface area contributed by atoms with Crippen molar-refractivity contribution in [2.45, 2.75) is 19.3 Å². The third kappa shape index (κ3) is 2.09. The maximum atomic E-state index is 11.9. The molecule has 0 bridgehead atoms. The van der Waals surface area contributed by atoms with E-state index in [9.17, 15) is 4.79 Å². The zero-order chi connectivity index (χ0) is 9.10.